The Morgan fingerprint density at radius 3 is 1.13 bits per heavy atom. The monoisotopic (exact) mass is 735 g/mol. The average Bonchev–Trinajstić information content (AvgIpc) is 3.23. The number of nitriles is 2. The molecule has 0 atom stereocenters. The first kappa shape index (κ1) is 39.6. The highest BCUT2D eigenvalue weighted by atomic mass is 16.5. The molecular formula is C46H45N3O6. The summed E-state index contributed by atoms with van der Waals surface area (Å²) in [6, 6.07) is 39.5. The molecule has 0 radical (unpaired) electrons. The molecule has 0 unspecified atom stereocenters. The highest BCUT2D eigenvalue weighted by molar-refractivity contribution is 5.96. The molecule has 0 amide bonds. The second-order valence-electron chi connectivity index (χ2n) is 13.1. The summed E-state index contributed by atoms with van der Waals surface area (Å²) in [4.78, 5) is 25.4. The minimum Gasteiger partial charge on any atom is -0.494 e. The summed E-state index contributed by atoms with van der Waals surface area (Å²) in [5.74, 6) is 0.545. The van der Waals surface area contributed by atoms with Gasteiger partial charge >= 0.3 is 11.9 Å². The molecule has 55 heavy (non-hydrogen) atoms. The fraction of sp³-hybridized carbons (Fsp3) is 0.261. The van der Waals surface area contributed by atoms with Crippen LogP contribution < -0.4 is 15.2 Å². The summed E-state index contributed by atoms with van der Waals surface area (Å²) in [5.41, 5.74) is 12.2. The van der Waals surface area contributed by atoms with E-state index in [2.05, 4.69) is 12.1 Å². The summed E-state index contributed by atoms with van der Waals surface area (Å²) in [6.07, 6.45) is 6.79. The van der Waals surface area contributed by atoms with Crippen LogP contribution in [0, 0.1) is 22.7 Å². The summed E-state index contributed by atoms with van der Waals surface area (Å²) in [6.45, 7) is 1.71. The number of rotatable bonds is 20. The Hall–Kier alpha value is -6.58. The number of hydrogen-bond donors (Lipinski definition) is 1. The van der Waals surface area contributed by atoms with Crippen molar-refractivity contribution >= 4 is 17.6 Å². The second-order valence-corrected chi connectivity index (χ2v) is 13.1. The SMILES string of the molecule is N#Cc1ccc(-c2ccc(OCCCCCCOC(=O)c3cc(N)cc(C(=O)OCCCCCCOc4ccc(-c5ccc(C#N)cc5)cc4)c3)cc2)cc1. The van der Waals surface area contributed by atoms with Gasteiger partial charge in [0.25, 0.3) is 0 Å². The van der Waals surface area contributed by atoms with Gasteiger partial charge < -0.3 is 24.7 Å². The Bertz CT molecular complexity index is 1920. The van der Waals surface area contributed by atoms with Crippen LogP contribution in [0.4, 0.5) is 5.69 Å². The Balaban J connectivity index is 0.897. The Labute approximate surface area is 322 Å². The quantitative estimate of drug-likeness (QED) is 0.0469. The zero-order chi connectivity index (χ0) is 38.7. The maximum absolute atomic E-state index is 12.7. The van der Waals surface area contributed by atoms with Crippen molar-refractivity contribution in [1.29, 1.82) is 10.5 Å². The number of esters is 2. The van der Waals surface area contributed by atoms with E-state index in [1.54, 1.807) is 24.3 Å². The van der Waals surface area contributed by atoms with E-state index in [1.807, 2.05) is 72.8 Å². The van der Waals surface area contributed by atoms with Crippen LogP contribution in [-0.4, -0.2) is 38.4 Å². The largest absolute Gasteiger partial charge is 0.494 e. The van der Waals surface area contributed by atoms with Crippen molar-refractivity contribution < 1.29 is 28.5 Å². The molecule has 0 spiro atoms. The van der Waals surface area contributed by atoms with Crippen LogP contribution in [0.15, 0.2) is 115 Å². The molecule has 5 rings (SSSR count). The summed E-state index contributed by atoms with van der Waals surface area (Å²) in [5, 5.41) is 17.9. The Morgan fingerprint density at radius 2 is 0.782 bits per heavy atom. The average molecular weight is 736 g/mol. The van der Waals surface area contributed by atoms with Crippen LogP contribution in [0.1, 0.15) is 83.2 Å². The van der Waals surface area contributed by atoms with Gasteiger partial charge in [-0.05, 0) is 140 Å². The van der Waals surface area contributed by atoms with Gasteiger partial charge in [-0.1, -0.05) is 48.5 Å². The molecule has 0 fully saturated rings. The van der Waals surface area contributed by atoms with Crippen molar-refractivity contribution in [2.45, 2.75) is 51.4 Å². The lowest BCUT2D eigenvalue weighted by Crippen LogP contribution is -2.11. The van der Waals surface area contributed by atoms with E-state index >= 15 is 0 Å². The Kier molecular flexibility index (Phi) is 15.3. The molecular weight excluding hydrogens is 691 g/mol. The van der Waals surface area contributed by atoms with Crippen molar-refractivity contribution in [3.05, 3.63) is 138 Å². The minimum atomic E-state index is -0.529. The lowest BCUT2D eigenvalue weighted by molar-refractivity contribution is 0.0495. The predicted octanol–water partition coefficient (Wildman–Crippen LogP) is 9.94. The van der Waals surface area contributed by atoms with Gasteiger partial charge in [-0.3, -0.25) is 0 Å². The zero-order valence-electron chi connectivity index (χ0n) is 30.9. The van der Waals surface area contributed by atoms with Crippen LogP contribution in [0.25, 0.3) is 22.3 Å². The molecule has 0 heterocycles. The van der Waals surface area contributed by atoms with E-state index in [4.69, 9.17) is 35.2 Å². The standard InChI is InChI=1S/C46H45N3O6/c47-32-34-9-13-36(14-10-34)38-17-21-43(22-18-38)52-25-5-1-3-7-27-54-45(50)40-29-41(31-42(49)30-40)46(51)55-28-8-4-2-6-26-53-44-23-19-39(20-24-44)37-15-11-35(33-48)12-16-37/h9-24,29-31H,1-8,25-28,49H2. The van der Waals surface area contributed by atoms with E-state index in [0.29, 0.717) is 37.2 Å². The van der Waals surface area contributed by atoms with Crippen molar-refractivity contribution in [2.75, 3.05) is 32.2 Å². The summed E-state index contributed by atoms with van der Waals surface area (Å²) in [7, 11) is 0. The second kappa shape index (κ2) is 21.2. The number of benzene rings is 5. The highest BCUT2D eigenvalue weighted by Gasteiger charge is 2.15. The normalized spacial score (nSPS) is 10.5. The van der Waals surface area contributed by atoms with Gasteiger partial charge in [-0.15, -0.1) is 0 Å². The number of ether oxygens (including phenoxy) is 4. The van der Waals surface area contributed by atoms with E-state index < -0.39 is 11.9 Å². The van der Waals surface area contributed by atoms with E-state index in [-0.39, 0.29) is 30.0 Å². The van der Waals surface area contributed by atoms with Crippen LogP contribution in [0.5, 0.6) is 11.5 Å². The minimum absolute atomic E-state index is 0.217. The fourth-order valence-corrected chi connectivity index (χ4v) is 5.84. The van der Waals surface area contributed by atoms with Crippen LogP contribution in [-0.2, 0) is 9.47 Å². The number of carbonyl (C=O) groups is 2. The number of nitrogens with zero attached hydrogens (tertiary/aromatic N) is 2. The number of hydrogen-bond acceptors (Lipinski definition) is 9. The zero-order valence-corrected chi connectivity index (χ0v) is 30.9. The van der Waals surface area contributed by atoms with Gasteiger partial charge in [-0.2, -0.15) is 10.5 Å². The van der Waals surface area contributed by atoms with Crippen molar-refractivity contribution in [3.8, 4) is 45.9 Å². The lowest BCUT2D eigenvalue weighted by Gasteiger charge is -2.10. The molecule has 0 aromatic heterocycles. The van der Waals surface area contributed by atoms with E-state index in [9.17, 15) is 9.59 Å². The molecule has 0 bridgehead atoms. The first-order valence-corrected chi connectivity index (χ1v) is 18.6. The molecule has 5 aromatic rings. The molecule has 0 saturated carbocycles. The predicted molar refractivity (Wildman–Crippen MR) is 213 cm³/mol. The number of unbranched alkanes of at least 4 members (excludes halogenated alkanes) is 6. The van der Waals surface area contributed by atoms with E-state index in [1.165, 1.54) is 18.2 Å². The fourth-order valence-electron chi connectivity index (χ4n) is 5.84. The topological polar surface area (TPSA) is 145 Å². The first-order chi connectivity index (χ1) is 26.9. The number of carbonyl (C=O) groups excluding carboxylic acids is 2. The smallest absolute Gasteiger partial charge is 0.338 e. The summed E-state index contributed by atoms with van der Waals surface area (Å²) < 4.78 is 22.6. The molecule has 9 nitrogen and oxygen atoms in total. The highest BCUT2D eigenvalue weighted by Crippen LogP contribution is 2.24. The third kappa shape index (κ3) is 12.8. The first-order valence-electron chi connectivity index (χ1n) is 18.6. The van der Waals surface area contributed by atoms with Crippen molar-refractivity contribution in [1.82, 2.24) is 0 Å². The maximum atomic E-state index is 12.7. The third-order valence-corrected chi connectivity index (χ3v) is 8.91. The molecule has 0 aliphatic heterocycles. The number of nitrogens with two attached hydrogens (primary N) is 1. The molecule has 0 aliphatic carbocycles. The number of nitrogen functional groups attached to an aromatic ring is 1. The third-order valence-electron chi connectivity index (χ3n) is 8.91. The molecule has 2 N–H and O–H groups in total. The van der Waals surface area contributed by atoms with Gasteiger partial charge in [0.05, 0.1) is 60.8 Å². The van der Waals surface area contributed by atoms with Gasteiger partial charge in [0.2, 0.25) is 0 Å². The molecule has 280 valence electrons. The maximum Gasteiger partial charge on any atom is 0.338 e. The molecule has 0 aliphatic rings. The van der Waals surface area contributed by atoms with Gasteiger partial charge in [0.1, 0.15) is 11.5 Å². The van der Waals surface area contributed by atoms with E-state index in [0.717, 1.165) is 72.3 Å². The molecule has 5 aromatic carbocycles. The lowest BCUT2D eigenvalue weighted by atomic mass is 10.0. The summed E-state index contributed by atoms with van der Waals surface area (Å²) >= 11 is 0. The Morgan fingerprint density at radius 1 is 0.455 bits per heavy atom. The molecule has 9 heteroatoms. The van der Waals surface area contributed by atoms with Gasteiger partial charge in [-0.25, -0.2) is 9.59 Å². The van der Waals surface area contributed by atoms with Gasteiger partial charge in [0, 0.05) is 5.69 Å². The van der Waals surface area contributed by atoms with Crippen LogP contribution in [0.3, 0.4) is 0 Å². The number of anilines is 1. The van der Waals surface area contributed by atoms with Crippen LogP contribution in [0.2, 0.25) is 0 Å². The van der Waals surface area contributed by atoms with Gasteiger partial charge in [0.15, 0.2) is 0 Å². The van der Waals surface area contributed by atoms with Crippen molar-refractivity contribution in [2.24, 2.45) is 0 Å². The van der Waals surface area contributed by atoms with Crippen LogP contribution >= 0.6 is 0 Å². The molecule has 0 saturated heterocycles. The van der Waals surface area contributed by atoms with Crippen molar-refractivity contribution in [3.63, 3.8) is 0 Å².